The Bertz CT molecular complexity index is 1240. The van der Waals surface area contributed by atoms with E-state index in [1.165, 1.54) is 0 Å². The molecule has 0 unspecified atom stereocenters. The molecule has 0 bridgehead atoms. The summed E-state index contributed by atoms with van der Waals surface area (Å²) in [6, 6.07) is 19.3. The van der Waals surface area contributed by atoms with Gasteiger partial charge in [-0.1, -0.05) is 36.4 Å². The van der Waals surface area contributed by atoms with Crippen molar-refractivity contribution in [3.63, 3.8) is 0 Å². The lowest BCUT2D eigenvalue weighted by Gasteiger charge is -2.11. The van der Waals surface area contributed by atoms with Crippen LogP contribution in [0.3, 0.4) is 0 Å². The predicted molar refractivity (Wildman–Crippen MR) is 157 cm³/mol. The topological polar surface area (TPSA) is 142 Å². The second kappa shape index (κ2) is 17.2. The first-order valence-electron chi connectivity index (χ1n) is 13.7. The fourth-order valence-corrected chi connectivity index (χ4v) is 3.86. The van der Waals surface area contributed by atoms with E-state index in [9.17, 15) is 0 Å². The summed E-state index contributed by atoms with van der Waals surface area (Å²) in [6.07, 6.45) is 0. The fourth-order valence-electron chi connectivity index (χ4n) is 3.86. The number of fused-ring (bicyclic) bond motifs is 2. The van der Waals surface area contributed by atoms with E-state index in [0.29, 0.717) is 102 Å². The van der Waals surface area contributed by atoms with Gasteiger partial charge in [-0.3, -0.25) is 0 Å². The van der Waals surface area contributed by atoms with Gasteiger partial charge in [-0.15, -0.1) is 0 Å². The van der Waals surface area contributed by atoms with Crippen molar-refractivity contribution in [1.29, 1.82) is 0 Å². The normalized spacial score (nSPS) is 11.3. The van der Waals surface area contributed by atoms with Gasteiger partial charge < -0.3 is 44.6 Å². The van der Waals surface area contributed by atoms with Crippen LogP contribution in [0, 0.1) is 0 Å². The zero-order valence-corrected chi connectivity index (χ0v) is 23.2. The largest absolute Gasteiger partial charge is 0.487 e. The van der Waals surface area contributed by atoms with Gasteiger partial charge in [0.15, 0.2) is 23.1 Å². The fraction of sp³-hybridized carbons (Fsp3) is 0.400. The van der Waals surface area contributed by atoms with Gasteiger partial charge in [-0.2, -0.15) is 0 Å². The number of para-hydroxylation sites is 2. The smallest absolute Gasteiger partial charge is 0.166 e. The van der Waals surface area contributed by atoms with Gasteiger partial charge in [-0.25, -0.2) is 9.97 Å². The number of nitrogens with two attached hydrogens (primary N) is 2. The number of hydrogen-bond donors (Lipinski definition) is 2. The van der Waals surface area contributed by atoms with Crippen LogP contribution in [0.5, 0.6) is 11.5 Å². The van der Waals surface area contributed by atoms with E-state index >= 15 is 0 Å². The molecule has 41 heavy (non-hydrogen) atoms. The van der Waals surface area contributed by atoms with E-state index in [2.05, 4.69) is 9.97 Å². The van der Waals surface area contributed by atoms with E-state index in [-0.39, 0.29) is 0 Å². The summed E-state index contributed by atoms with van der Waals surface area (Å²) in [6.45, 7) is 5.45. The third kappa shape index (κ3) is 10.3. The average molecular weight is 567 g/mol. The van der Waals surface area contributed by atoms with Gasteiger partial charge >= 0.3 is 0 Å². The highest BCUT2D eigenvalue weighted by Crippen LogP contribution is 2.25. The molecular weight excluding hydrogens is 528 g/mol. The van der Waals surface area contributed by atoms with Crippen molar-refractivity contribution in [2.75, 3.05) is 90.7 Å². The summed E-state index contributed by atoms with van der Waals surface area (Å²) in [4.78, 5) is 8.70. The molecule has 0 saturated carbocycles. The number of anilines is 2. The summed E-state index contributed by atoms with van der Waals surface area (Å²) >= 11 is 0. The molecule has 11 nitrogen and oxygen atoms in total. The third-order valence-corrected chi connectivity index (χ3v) is 5.89. The molecular formula is C30H38N4O7. The lowest BCUT2D eigenvalue weighted by atomic mass is 10.2. The van der Waals surface area contributed by atoms with Gasteiger partial charge in [0.2, 0.25) is 0 Å². The number of rotatable bonds is 20. The number of aromatic nitrogens is 2. The molecule has 11 heteroatoms. The maximum Gasteiger partial charge on any atom is 0.166 e. The highest BCUT2D eigenvalue weighted by Gasteiger charge is 2.06. The van der Waals surface area contributed by atoms with Crippen LogP contribution in [-0.4, -0.2) is 89.3 Å². The SMILES string of the molecule is Nc1nc2ccccc2cc1OCCOCCOCCOCCOCCOCCOc1cc2ccccc2nc1N. The molecule has 0 aliphatic heterocycles. The van der Waals surface area contributed by atoms with Crippen LogP contribution in [0.2, 0.25) is 0 Å². The Labute approximate surface area is 239 Å². The number of nitrogens with zero attached hydrogens (tertiary/aromatic N) is 2. The summed E-state index contributed by atoms with van der Waals surface area (Å²) in [5, 5.41) is 1.96. The Kier molecular flexibility index (Phi) is 12.6. The molecule has 2 aromatic heterocycles. The summed E-state index contributed by atoms with van der Waals surface area (Å²) in [5.41, 5.74) is 13.6. The highest BCUT2D eigenvalue weighted by atomic mass is 16.6. The maximum atomic E-state index is 5.96. The molecule has 0 radical (unpaired) electrons. The van der Waals surface area contributed by atoms with E-state index in [1.54, 1.807) is 0 Å². The van der Waals surface area contributed by atoms with E-state index < -0.39 is 0 Å². The van der Waals surface area contributed by atoms with Crippen molar-refractivity contribution in [1.82, 2.24) is 9.97 Å². The van der Waals surface area contributed by atoms with Crippen molar-refractivity contribution in [2.24, 2.45) is 0 Å². The first-order chi connectivity index (χ1) is 20.2. The minimum Gasteiger partial charge on any atom is -0.487 e. The Morgan fingerprint density at radius 1 is 0.439 bits per heavy atom. The molecule has 0 fully saturated rings. The molecule has 0 spiro atoms. The number of ether oxygens (including phenoxy) is 7. The van der Waals surface area contributed by atoms with Crippen LogP contribution >= 0.6 is 0 Å². The molecule has 0 amide bonds. The van der Waals surface area contributed by atoms with Gasteiger partial charge in [-0.05, 0) is 24.3 Å². The molecule has 0 atom stereocenters. The Morgan fingerprint density at radius 3 is 1.12 bits per heavy atom. The zero-order valence-electron chi connectivity index (χ0n) is 23.2. The standard InChI is InChI=1S/C30H38N4O7/c31-29-27(21-23-5-1-3-7-25(23)33-29)40-19-17-38-15-13-36-11-9-35-10-12-37-14-16-39-18-20-41-28-22-24-6-2-4-8-26(24)34-30(28)32/h1-8,21-22H,9-20H2,(H2,31,33)(H2,32,34). The number of hydrogen-bond acceptors (Lipinski definition) is 11. The van der Waals surface area contributed by atoms with Gasteiger partial charge in [0, 0.05) is 10.8 Å². The summed E-state index contributed by atoms with van der Waals surface area (Å²) in [5.74, 6) is 1.86. The van der Waals surface area contributed by atoms with Crippen molar-refractivity contribution < 1.29 is 33.2 Å². The van der Waals surface area contributed by atoms with E-state index in [0.717, 1.165) is 21.8 Å². The Hall–Kier alpha value is -3.74. The van der Waals surface area contributed by atoms with Crippen molar-refractivity contribution in [3.8, 4) is 11.5 Å². The Morgan fingerprint density at radius 2 is 0.756 bits per heavy atom. The van der Waals surface area contributed by atoms with E-state index in [1.807, 2.05) is 60.7 Å². The molecule has 0 aliphatic rings. The number of pyridine rings is 2. The second-order valence-electron chi connectivity index (χ2n) is 8.89. The van der Waals surface area contributed by atoms with Crippen LogP contribution in [0.4, 0.5) is 11.6 Å². The summed E-state index contributed by atoms with van der Waals surface area (Å²) < 4.78 is 39.0. The van der Waals surface area contributed by atoms with Crippen LogP contribution < -0.4 is 20.9 Å². The van der Waals surface area contributed by atoms with Crippen LogP contribution in [0.1, 0.15) is 0 Å². The second-order valence-corrected chi connectivity index (χ2v) is 8.89. The highest BCUT2D eigenvalue weighted by molar-refractivity contribution is 5.83. The lowest BCUT2D eigenvalue weighted by Crippen LogP contribution is -2.15. The van der Waals surface area contributed by atoms with E-state index in [4.69, 9.17) is 44.6 Å². The van der Waals surface area contributed by atoms with Crippen LogP contribution in [0.25, 0.3) is 21.8 Å². The molecule has 0 saturated heterocycles. The van der Waals surface area contributed by atoms with Crippen molar-refractivity contribution in [2.45, 2.75) is 0 Å². The molecule has 2 aromatic carbocycles. The zero-order chi connectivity index (χ0) is 28.5. The minimum absolute atomic E-state index is 0.369. The molecule has 4 rings (SSSR count). The van der Waals surface area contributed by atoms with Gasteiger partial charge in [0.1, 0.15) is 13.2 Å². The quantitative estimate of drug-likeness (QED) is 0.152. The van der Waals surface area contributed by atoms with Crippen molar-refractivity contribution in [3.05, 3.63) is 60.7 Å². The molecule has 2 heterocycles. The molecule has 220 valence electrons. The third-order valence-electron chi connectivity index (χ3n) is 5.89. The van der Waals surface area contributed by atoms with Gasteiger partial charge in [0.05, 0.1) is 77.1 Å². The van der Waals surface area contributed by atoms with Crippen molar-refractivity contribution >= 4 is 33.4 Å². The first kappa shape index (κ1) is 30.2. The maximum absolute atomic E-state index is 5.96. The molecule has 0 aliphatic carbocycles. The number of nitrogen functional groups attached to an aromatic ring is 2. The average Bonchev–Trinajstić information content (AvgIpc) is 2.98. The Balaban J connectivity index is 0.894. The predicted octanol–water partition coefficient (Wildman–Crippen LogP) is 3.49. The molecule has 4 aromatic rings. The molecule has 4 N–H and O–H groups in total. The van der Waals surface area contributed by atoms with Crippen LogP contribution in [-0.2, 0) is 23.7 Å². The first-order valence-corrected chi connectivity index (χ1v) is 13.7. The monoisotopic (exact) mass is 566 g/mol. The lowest BCUT2D eigenvalue weighted by molar-refractivity contribution is -0.0141. The minimum atomic E-state index is 0.369. The summed E-state index contributed by atoms with van der Waals surface area (Å²) in [7, 11) is 0. The number of benzene rings is 2. The van der Waals surface area contributed by atoms with Gasteiger partial charge in [0.25, 0.3) is 0 Å². The van der Waals surface area contributed by atoms with Crippen LogP contribution in [0.15, 0.2) is 60.7 Å².